The molecule has 5 heteroatoms. The van der Waals surface area contributed by atoms with Gasteiger partial charge in [-0.25, -0.2) is 0 Å². The Morgan fingerprint density at radius 3 is 2.20 bits per heavy atom. The van der Waals surface area contributed by atoms with Crippen LogP contribution >= 0.6 is 0 Å². The summed E-state index contributed by atoms with van der Waals surface area (Å²) in [5.41, 5.74) is 1.81. The molecule has 0 aromatic heterocycles. The van der Waals surface area contributed by atoms with Crippen molar-refractivity contribution in [2.45, 2.75) is 0 Å². The Balaban J connectivity index is 1.82. The van der Waals surface area contributed by atoms with Crippen molar-refractivity contribution in [2.75, 3.05) is 57.5 Å². The molecule has 20 heavy (non-hydrogen) atoms. The Morgan fingerprint density at radius 1 is 0.900 bits per heavy atom. The van der Waals surface area contributed by atoms with E-state index in [-0.39, 0.29) is 5.91 Å². The fourth-order valence-corrected chi connectivity index (χ4v) is 2.67. The zero-order chi connectivity index (χ0) is 13.8. The monoisotopic (exact) mass is 276 g/mol. The third kappa shape index (κ3) is 2.78. The summed E-state index contributed by atoms with van der Waals surface area (Å²) in [6.45, 7) is 5.74. The molecule has 1 amide bonds. The maximum atomic E-state index is 12.7. The number of hydrogen-bond donors (Lipinski definition) is 0. The standard InChI is InChI=1S/C15H20N2O3/c18-15(17-7-11-20-12-8-17)13-3-1-2-4-14(13)16-5-9-19-10-6-16/h1-4H,5-12H2. The number of carbonyl (C=O) groups excluding carboxylic acids is 1. The Hall–Kier alpha value is -1.59. The number of amides is 1. The smallest absolute Gasteiger partial charge is 0.256 e. The Morgan fingerprint density at radius 2 is 1.50 bits per heavy atom. The fourth-order valence-electron chi connectivity index (χ4n) is 2.67. The van der Waals surface area contributed by atoms with Crippen LogP contribution in [0.15, 0.2) is 24.3 Å². The highest BCUT2D eigenvalue weighted by Gasteiger charge is 2.23. The van der Waals surface area contributed by atoms with Crippen LogP contribution in [-0.4, -0.2) is 63.4 Å². The number of para-hydroxylation sites is 1. The lowest BCUT2D eigenvalue weighted by atomic mass is 10.1. The van der Waals surface area contributed by atoms with Crippen molar-refractivity contribution in [1.82, 2.24) is 4.90 Å². The first-order chi connectivity index (χ1) is 9.86. The number of carbonyl (C=O) groups is 1. The number of anilines is 1. The first-order valence-corrected chi connectivity index (χ1v) is 7.15. The summed E-state index contributed by atoms with van der Waals surface area (Å²) in [6.07, 6.45) is 0. The molecule has 5 nitrogen and oxygen atoms in total. The van der Waals surface area contributed by atoms with Crippen molar-refractivity contribution in [1.29, 1.82) is 0 Å². The lowest BCUT2D eigenvalue weighted by Crippen LogP contribution is -2.42. The highest BCUT2D eigenvalue weighted by atomic mass is 16.5. The van der Waals surface area contributed by atoms with Gasteiger partial charge in [-0.05, 0) is 12.1 Å². The number of rotatable bonds is 2. The molecular weight excluding hydrogens is 256 g/mol. The van der Waals surface area contributed by atoms with Gasteiger partial charge in [0.25, 0.3) is 5.91 Å². The van der Waals surface area contributed by atoms with Gasteiger partial charge >= 0.3 is 0 Å². The molecule has 2 saturated heterocycles. The average molecular weight is 276 g/mol. The summed E-state index contributed by atoms with van der Waals surface area (Å²) in [5.74, 6) is 0.107. The maximum Gasteiger partial charge on any atom is 0.256 e. The molecule has 0 saturated carbocycles. The minimum Gasteiger partial charge on any atom is -0.378 e. The maximum absolute atomic E-state index is 12.7. The summed E-state index contributed by atoms with van der Waals surface area (Å²) in [5, 5.41) is 0. The van der Waals surface area contributed by atoms with Crippen LogP contribution in [-0.2, 0) is 9.47 Å². The zero-order valence-corrected chi connectivity index (χ0v) is 11.6. The van der Waals surface area contributed by atoms with Gasteiger partial charge in [-0.15, -0.1) is 0 Å². The number of morpholine rings is 2. The summed E-state index contributed by atoms with van der Waals surface area (Å²) in [4.78, 5) is 16.8. The number of ether oxygens (including phenoxy) is 2. The van der Waals surface area contributed by atoms with E-state index in [0.717, 1.165) is 37.6 Å². The Labute approximate surface area is 119 Å². The molecule has 2 aliphatic heterocycles. The van der Waals surface area contributed by atoms with Crippen LogP contribution < -0.4 is 4.90 Å². The van der Waals surface area contributed by atoms with Crippen molar-refractivity contribution >= 4 is 11.6 Å². The molecule has 3 rings (SSSR count). The van der Waals surface area contributed by atoms with Crippen LogP contribution in [0, 0.1) is 0 Å². The molecule has 0 radical (unpaired) electrons. The molecule has 2 aliphatic rings. The fraction of sp³-hybridized carbons (Fsp3) is 0.533. The summed E-state index contributed by atoms with van der Waals surface area (Å²) in [6, 6.07) is 7.86. The Kier molecular flexibility index (Phi) is 4.18. The van der Waals surface area contributed by atoms with Crippen molar-refractivity contribution in [2.24, 2.45) is 0 Å². The number of hydrogen-bond acceptors (Lipinski definition) is 4. The van der Waals surface area contributed by atoms with Crippen LogP contribution in [0.4, 0.5) is 5.69 Å². The summed E-state index contributed by atoms with van der Waals surface area (Å²) >= 11 is 0. The van der Waals surface area contributed by atoms with Gasteiger partial charge in [0, 0.05) is 31.9 Å². The highest BCUT2D eigenvalue weighted by molar-refractivity contribution is 5.99. The van der Waals surface area contributed by atoms with Gasteiger partial charge < -0.3 is 19.3 Å². The van der Waals surface area contributed by atoms with Crippen LogP contribution in [0.2, 0.25) is 0 Å². The van der Waals surface area contributed by atoms with Gasteiger partial charge in [-0.2, -0.15) is 0 Å². The molecule has 2 heterocycles. The van der Waals surface area contributed by atoms with Crippen molar-refractivity contribution in [3.63, 3.8) is 0 Å². The molecule has 1 aromatic rings. The lowest BCUT2D eigenvalue weighted by molar-refractivity contribution is 0.0303. The average Bonchev–Trinajstić information content (AvgIpc) is 2.56. The first-order valence-electron chi connectivity index (χ1n) is 7.15. The molecule has 0 aliphatic carbocycles. The van der Waals surface area contributed by atoms with Crippen molar-refractivity contribution in [3.8, 4) is 0 Å². The minimum atomic E-state index is 0.107. The van der Waals surface area contributed by atoms with Gasteiger partial charge in [-0.1, -0.05) is 12.1 Å². The number of nitrogens with zero attached hydrogens (tertiary/aromatic N) is 2. The molecule has 0 unspecified atom stereocenters. The SMILES string of the molecule is O=C(c1ccccc1N1CCOCC1)N1CCOCC1. The Bertz CT molecular complexity index is 466. The molecular formula is C15H20N2O3. The predicted molar refractivity (Wildman–Crippen MR) is 76.2 cm³/mol. The molecule has 1 aromatic carbocycles. The van der Waals surface area contributed by atoms with E-state index in [1.807, 2.05) is 29.2 Å². The van der Waals surface area contributed by atoms with Crippen LogP contribution in [0.1, 0.15) is 10.4 Å². The van der Waals surface area contributed by atoms with E-state index in [1.165, 1.54) is 0 Å². The number of benzene rings is 1. The predicted octanol–water partition coefficient (Wildman–Crippen LogP) is 0.996. The second kappa shape index (κ2) is 6.24. The van der Waals surface area contributed by atoms with Gasteiger partial charge in [-0.3, -0.25) is 4.79 Å². The van der Waals surface area contributed by atoms with Gasteiger partial charge in [0.1, 0.15) is 0 Å². The summed E-state index contributed by atoms with van der Waals surface area (Å²) < 4.78 is 10.7. The van der Waals surface area contributed by atoms with E-state index in [1.54, 1.807) is 0 Å². The van der Waals surface area contributed by atoms with E-state index in [9.17, 15) is 4.79 Å². The molecule has 2 fully saturated rings. The minimum absolute atomic E-state index is 0.107. The van der Waals surface area contributed by atoms with E-state index in [0.29, 0.717) is 26.3 Å². The second-order valence-corrected chi connectivity index (χ2v) is 5.02. The third-order valence-corrected chi connectivity index (χ3v) is 3.78. The quantitative estimate of drug-likeness (QED) is 0.808. The summed E-state index contributed by atoms with van der Waals surface area (Å²) in [7, 11) is 0. The highest BCUT2D eigenvalue weighted by Crippen LogP contribution is 2.23. The topological polar surface area (TPSA) is 42.0 Å². The van der Waals surface area contributed by atoms with Crippen LogP contribution in [0.3, 0.4) is 0 Å². The van der Waals surface area contributed by atoms with Gasteiger partial charge in [0.2, 0.25) is 0 Å². The molecule has 0 bridgehead atoms. The normalized spacial score (nSPS) is 20.0. The van der Waals surface area contributed by atoms with Crippen molar-refractivity contribution < 1.29 is 14.3 Å². The molecule has 108 valence electrons. The van der Waals surface area contributed by atoms with E-state index in [2.05, 4.69) is 4.90 Å². The van der Waals surface area contributed by atoms with Crippen molar-refractivity contribution in [3.05, 3.63) is 29.8 Å². The van der Waals surface area contributed by atoms with Crippen LogP contribution in [0.25, 0.3) is 0 Å². The first kappa shape index (κ1) is 13.4. The van der Waals surface area contributed by atoms with E-state index >= 15 is 0 Å². The largest absolute Gasteiger partial charge is 0.378 e. The van der Waals surface area contributed by atoms with E-state index < -0.39 is 0 Å². The van der Waals surface area contributed by atoms with E-state index in [4.69, 9.17) is 9.47 Å². The lowest BCUT2D eigenvalue weighted by Gasteiger charge is -2.32. The molecule has 0 N–H and O–H groups in total. The molecule has 0 spiro atoms. The third-order valence-electron chi connectivity index (χ3n) is 3.78. The van der Waals surface area contributed by atoms with Crippen LogP contribution in [0.5, 0.6) is 0 Å². The van der Waals surface area contributed by atoms with Gasteiger partial charge in [0.15, 0.2) is 0 Å². The second-order valence-electron chi connectivity index (χ2n) is 5.02. The molecule has 0 atom stereocenters. The van der Waals surface area contributed by atoms with Gasteiger partial charge in [0.05, 0.1) is 32.0 Å². The zero-order valence-electron chi connectivity index (χ0n) is 11.6.